The standard InChI is InChI=1S/C16H20N4O3/c1-11(2)16-17-15(23-20-16)9-8-13(21)18-19-14(22)10-12-6-4-3-5-7-12/h3-7,11H,8-10H2,1-2H3,(H,18,21)(H,19,22). The quantitative estimate of drug-likeness (QED) is 0.787. The van der Waals surface area contributed by atoms with Crippen LogP contribution in [0.3, 0.4) is 0 Å². The Bertz CT molecular complexity index is 652. The molecule has 0 fully saturated rings. The van der Waals surface area contributed by atoms with Crippen LogP contribution in [0.15, 0.2) is 34.9 Å². The largest absolute Gasteiger partial charge is 0.339 e. The summed E-state index contributed by atoms with van der Waals surface area (Å²) in [6.07, 6.45) is 0.702. The van der Waals surface area contributed by atoms with Crippen LogP contribution in [0, 0.1) is 0 Å². The molecule has 2 rings (SSSR count). The molecule has 2 amide bonds. The zero-order valence-corrected chi connectivity index (χ0v) is 13.2. The highest BCUT2D eigenvalue weighted by atomic mass is 16.5. The molecule has 0 saturated heterocycles. The molecule has 0 atom stereocenters. The van der Waals surface area contributed by atoms with E-state index in [0.29, 0.717) is 18.1 Å². The van der Waals surface area contributed by atoms with Gasteiger partial charge in [-0.3, -0.25) is 20.4 Å². The van der Waals surface area contributed by atoms with Crippen molar-refractivity contribution in [3.63, 3.8) is 0 Å². The van der Waals surface area contributed by atoms with Gasteiger partial charge in [-0.15, -0.1) is 0 Å². The number of amides is 2. The van der Waals surface area contributed by atoms with Crippen LogP contribution in [0.5, 0.6) is 0 Å². The number of nitrogens with one attached hydrogen (secondary N) is 2. The monoisotopic (exact) mass is 316 g/mol. The van der Waals surface area contributed by atoms with Gasteiger partial charge in [-0.2, -0.15) is 4.98 Å². The summed E-state index contributed by atoms with van der Waals surface area (Å²) in [7, 11) is 0. The lowest BCUT2D eigenvalue weighted by Crippen LogP contribution is -2.42. The topological polar surface area (TPSA) is 97.1 Å². The second kappa shape index (κ2) is 8.07. The Hall–Kier alpha value is -2.70. The normalized spacial score (nSPS) is 10.6. The zero-order chi connectivity index (χ0) is 16.7. The lowest BCUT2D eigenvalue weighted by molar-refractivity contribution is -0.128. The van der Waals surface area contributed by atoms with Gasteiger partial charge >= 0.3 is 0 Å². The minimum absolute atomic E-state index is 0.158. The van der Waals surface area contributed by atoms with E-state index in [1.807, 2.05) is 44.2 Å². The molecule has 0 radical (unpaired) electrons. The molecule has 7 nitrogen and oxygen atoms in total. The number of aryl methyl sites for hydroxylation is 1. The first-order chi connectivity index (χ1) is 11.0. The lowest BCUT2D eigenvalue weighted by Gasteiger charge is -2.06. The minimum Gasteiger partial charge on any atom is -0.339 e. The van der Waals surface area contributed by atoms with Crippen molar-refractivity contribution in [1.82, 2.24) is 21.0 Å². The van der Waals surface area contributed by atoms with E-state index in [-0.39, 0.29) is 30.6 Å². The maximum atomic E-state index is 11.7. The number of hydrogen-bond acceptors (Lipinski definition) is 5. The van der Waals surface area contributed by atoms with Gasteiger partial charge in [-0.1, -0.05) is 49.3 Å². The van der Waals surface area contributed by atoms with Crippen molar-refractivity contribution in [1.29, 1.82) is 0 Å². The highest BCUT2D eigenvalue weighted by Gasteiger charge is 2.12. The zero-order valence-electron chi connectivity index (χ0n) is 13.2. The number of rotatable bonds is 6. The van der Waals surface area contributed by atoms with Crippen molar-refractivity contribution < 1.29 is 14.1 Å². The molecule has 122 valence electrons. The first kappa shape index (κ1) is 16.7. The number of hydrogen-bond donors (Lipinski definition) is 2. The molecule has 0 bridgehead atoms. The van der Waals surface area contributed by atoms with Crippen LogP contribution in [0.1, 0.15) is 43.5 Å². The molecule has 0 aliphatic carbocycles. The molecule has 0 aliphatic heterocycles. The van der Waals surface area contributed by atoms with Crippen molar-refractivity contribution in [3.05, 3.63) is 47.6 Å². The summed E-state index contributed by atoms with van der Waals surface area (Å²) in [5.41, 5.74) is 5.64. The van der Waals surface area contributed by atoms with Gasteiger partial charge in [0.05, 0.1) is 6.42 Å². The predicted molar refractivity (Wildman–Crippen MR) is 83.1 cm³/mol. The van der Waals surface area contributed by atoms with Gasteiger partial charge in [0.15, 0.2) is 5.82 Å². The second-order valence-electron chi connectivity index (χ2n) is 5.46. The first-order valence-corrected chi connectivity index (χ1v) is 7.48. The Morgan fingerprint density at radius 3 is 2.48 bits per heavy atom. The first-order valence-electron chi connectivity index (χ1n) is 7.48. The van der Waals surface area contributed by atoms with Crippen molar-refractivity contribution >= 4 is 11.8 Å². The molecular weight excluding hydrogens is 296 g/mol. The summed E-state index contributed by atoms with van der Waals surface area (Å²) in [4.78, 5) is 27.6. The van der Waals surface area contributed by atoms with Gasteiger partial charge in [0, 0.05) is 18.8 Å². The molecule has 2 N–H and O–H groups in total. The molecule has 7 heteroatoms. The van der Waals surface area contributed by atoms with E-state index in [9.17, 15) is 9.59 Å². The van der Waals surface area contributed by atoms with E-state index >= 15 is 0 Å². The summed E-state index contributed by atoms with van der Waals surface area (Å²) in [6, 6.07) is 9.30. The van der Waals surface area contributed by atoms with Crippen molar-refractivity contribution in [2.24, 2.45) is 0 Å². The maximum absolute atomic E-state index is 11.7. The van der Waals surface area contributed by atoms with Crippen LogP contribution >= 0.6 is 0 Å². The Morgan fingerprint density at radius 1 is 1.13 bits per heavy atom. The van der Waals surface area contributed by atoms with Crippen LogP contribution in [0.2, 0.25) is 0 Å². The molecule has 0 saturated carbocycles. The highest BCUT2D eigenvalue weighted by molar-refractivity contribution is 5.83. The average Bonchev–Trinajstić information content (AvgIpc) is 3.01. The van der Waals surface area contributed by atoms with Crippen LogP contribution in [-0.4, -0.2) is 22.0 Å². The molecule has 23 heavy (non-hydrogen) atoms. The number of benzene rings is 1. The average molecular weight is 316 g/mol. The third kappa shape index (κ3) is 5.54. The molecule has 0 unspecified atom stereocenters. The Balaban J connectivity index is 1.69. The summed E-state index contributed by atoms with van der Waals surface area (Å²) < 4.78 is 5.05. The highest BCUT2D eigenvalue weighted by Crippen LogP contribution is 2.10. The molecular formula is C16H20N4O3. The van der Waals surface area contributed by atoms with Crippen molar-refractivity contribution in [3.8, 4) is 0 Å². The van der Waals surface area contributed by atoms with Crippen molar-refractivity contribution in [2.75, 3.05) is 0 Å². The molecule has 0 aliphatic rings. The maximum Gasteiger partial charge on any atom is 0.242 e. The van der Waals surface area contributed by atoms with Crippen LogP contribution in [-0.2, 0) is 22.4 Å². The van der Waals surface area contributed by atoms with E-state index in [1.54, 1.807) is 0 Å². The Kier molecular flexibility index (Phi) is 5.85. The van der Waals surface area contributed by atoms with Crippen LogP contribution in [0.4, 0.5) is 0 Å². The summed E-state index contributed by atoms with van der Waals surface area (Å²) in [5, 5.41) is 3.83. The third-order valence-electron chi connectivity index (χ3n) is 3.11. The number of hydrazine groups is 1. The molecule has 2 aromatic rings. The van der Waals surface area contributed by atoms with E-state index in [4.69, 9.17) is 4.52 Å². The Labute approximate surface area is 134 Å². The van der Waals surface area contributed by atoms with Crippen LogP contribution < -0.4 is 10.9 Å². The van der Waals surface area contributed by atoms with E-state index < -0.39 is 0 Å². The number of carbonyl (C=O) groups excluding carboxylic acids is 2. The fourth-order valence-electron chi connectivity index (χ4n) is 1.85. The molecule has 1 aromatic heterocycles. The fraction of sp³-hybridized carbons (Fsp3) is 0.375. The predicted octanol–water partition coefficient (Wildman–Crippen LogP) is 1.52. The number of aromatic nitrogens is 2. The minimum atomic E-state index is -0.310. The van der Waals surface area contributed by atoms with E-state index in [2.05, 4.69) is 21.0 Å². The molecule has 1 heterocycles. The van der Waals surface area contributed by atoms with Crippen LogP contribution in [0.25, 0.3) is 0 Å². The molecule has 1 aromatic carbocycles. The van der Waals surface area contributed by atoms with Gasteiger partial charge in [-0.05, 0) is 5.56 Å². The van der Waals surface area contributed by atoms with Gasteiger partial charge in [-0.25, -0.2) is 0 Å². The van der Waals surface area contributed by atoms with Gasteiger partial charge in [0.25, 0.3) is 0 Å². The van der Waals surface area contributed by atoms with Gasteiger partial charge in [0.1, 0.15) is 0 Å². The van der Waals surface area contributed by atoms with E-state index in [1.165, 1.54) is 0 Å². The summed E-state index contributed by atoms with van der Waals surface area (Å²) >= 11 is 0. The summed E-state index contributed by atoms with van der Waals surface area (Å²) in [6.45, 7) is 3.92. The third-order valence-corrected chi connectivity index (χ3v) is 3.11. The van der Waals surface area contributed by atoms with Gasteiger partial charge < -0.3 is 4.52 Å². The second-order valence-corrected chi connectivity index (χ2v) is 5.46. The summed E-state index contributed by atoms with van der Waals surface area (Å²) in [5.74, 6) is 0.634. The smallest absolute Gasteiger partial charge is 0.242 e. The number of carbonyl (C=O) groups is 2. The lowest BCUT2D eigenvalue weighted by atomic mass is 10.1. The van der Waals surface area contributed by atoms with E-state index in [0.717, 1.165) is 5.56 Å². The molecule has 0 spiro atoms. The Morgan fingerprint density at radius 2 is 1.83 bits per heavy atom. The number of nitrogens with zero attached hydrogens (tertiary/aromatic N) is 2. The van der Waals surface area contributed by atoms with Crippen molar-refractivity contribution in [2.45, 2.75) is 39.0 Å². The fourth-order valence-corrected chi connectivity index (χ4v) is 1.85. The SMILES string of the molecule is CC(C)c1noc(CCC(=O)NNC(=O)Cc2ccccc2)n1. The van der Waals surface area contributed by atoms with Gasteiger partial charge in [0.2, 0.25) is 17.7 Å².